The molecule has 0 aliphatic carbocycles. The van der Waals surface area contributed by atoms with E-state index in [0.717, 1.165) is 18.9 Å². The molecule has 0 unspecified atom stereocenters. The molecule has 86 valence electrons. The van der Waals surface area contributed by atoms with E-state index in [4.69, 9.17) is 4.74 Å². The molecule has 1 heterocycles. The van der Waals surface area contributed by atoms with Gasteiger partial charge in [-0.1, -0.05) is 51.1 Å². The lowest BCUT2D eigenvalue weighted by Gasteiger charge is -2.21. The maximum Gasteiger partial charge on any atom is 0.188 e. The Labute approximate surface area is 97.4 Å². The highest BCUT2D eigenvalue weighted by Gasteiger charge is 2.29. The molecular formula is C14H19NO. The van der Waals surface area contributed by atoms with Crippen LogP contribution in [0.2, 0.25) is 0 Å². The maximum absolute atomic E-state index is 5.65. The Bertz CT molecular complexity index is 375. The summed E-state index contributed by atoms with van der Waals surface area (Å²) in [5.74, 6) is 0.881. The van der Waals surface area contributed by atoms with Crippen LogP contribution in [0.3, 0.4) is 0 Å². The van der Waals surface area contributed by atoms with Crippen LogP contribution in [-0.4, -0.2) is 18.5 Å². The quantitative estimate of drug-likeness (QED) is 0.746. The lowest BCUT2D eigenvalue weighted by atomic mass is 9.88. The number of rotatable bonds is 2. The van der Waals surface area contributed by atoms with E-state index in [9.17, 15) is 0 Å². The van der Waals surface area contributed by atoms with Gasteiger partial charge in [0.25, 0.3) is 0 Å². The van der Waals surface area contributed by atoms with E-state index in [-0.39, 0.29) is 5.41 Å². The monoisotopic (exact) mass is 217 g/mol. The molecule has 0 saturated carbocycles. The Balaban J connectivity index is 2.03. The minimum Gasteiger partial charge on any atom is -0.478 e. The molecule has 2 nitrogen and oxygen atoms in total. The standard InChI is InChI=1S/C14H19NO/c1-14(2,3)12-10-16-13(15-12)9-11-7-5-4-6-8-11/h4-8,12H,9-10H2,1-3H3/t12-/m0/s1. The normalized spacial score (nSPS) is 20.4. The summed E-state index contributed by atoms with van der Waals surface area (Å²) >= 11 is 0. The van der Waals surface area contributed by atoms with E-state index in [0.29, 0.717) is 6.04 Å². The first-order chi connectivity index (χ1) is 7.55. The fourth-order valence-corrected chi connectivity index (χ4v) is 1.73. The minimum absolute atomic E-state index is 0.193. The second-order valence-electron chi connectivity index (χ2n) is 5.38. The van der Waals surface area contributed by atoms with Crippen molar-refractivity contribution in [2.75, 3.05) is 6.61 Å². The first kappa shape index (κ1) is 11.2. The molecular weight excluding hydrogens is 198 g/mol. The number of ether oxygens (including phenoxy) is 1. The first-order valence-corrected chi connectivity index (χ1v) is 5.79. The van der Waals surface area contributed by atoms with Gasteiger partial charge in [0, 0.05) is 6.42 Å². The van der Waals surface area contributed by atoms with Crippen molar-refractivity contribution >= 4 is 5.90 Å². The van der Waals surface area contributed by atoms with Crippen LogP contribution < -0.4 is 0 Å². The fourth-order valence-electron chi connectivity index (χ4n) is 1.73. The molecule has 1 atom stereocenters. The molecule has 0 spiro atoms. The first-order valence-electron chi connectivity index (χ1n) is 5.79. The van der Waals surface area contributed by atoms with Crippen molar-refractivity contribution in [3.8, 4) is 0 Å². The molecule has 2 rings (SSSR count). The topological polar surface area (TPSA) is 21.6 Å². The van der Waals surface area contributed by atoms with E-state index < -0.39 is 0 Å². The average molecular weight is 217 g/mol. The summed E-state index contributed by atoms with van der Waals surface area (Å²) in [6, 6.07) is 10.6. The SMILES string of the molecule is CC(C)(C)[C@@H]1COC(Cc2ccccc2)=N1. The summed E-state index contributed by atoms with van der Waals surface area (Å²) in [4.78, 5) is 4.65. The Morgan fingerprint density at radius 1 is 1.25 bits per heavy atom. The minimum atomic E-state index is 0.193. The van der Waals surface area contributed by atoms with E-state index in [1.165, 1.54) is 5.56 Å². The van der Waals surface area contributed by atoms with Crippen molar-refractivity contribution in [1.82, 2.24) is 0 Å². The molecule has 1 aliphatic rings. The van der Waals surface area contributed by atoms with Crippen LogP contribution in [-0.2, 0) is 11.2 Å². The van der Waals surface area contributed by atoms with Gasteiger partial charge in [0.15, 0.2) is 5.90 Å². The molecule has 1 aromatic carbocycles. The van der Waals surface area contributed by atoms with Crippen molar-refractivity contribution in [2.45, 2.75) is 33.2 Å². The lowest BCUT2D eigenvalue weighted by Crippen LogP contribution is -2.25. The zero-order chi connectivity index (χ0) is 11.6. The summed E-state index contributed by atoms with van der Waals surface area (Å²) in [6.45, 7) is 7.34. The molecule has 0 saturated heterocycles. The summed E-state index contributed by atoms with van der Waals surface area (Å²) in [5.41, 5.74) is 1.45. The second-order valence-corrected chi connectivity index (χ2v) is 5.38. The van der Waals surface area contributed by atoms with Crippen molar-refractivity contribution in [3.63, 3.8) is 0 Å². The third kappa shape index (κ3) is 2.63. The fraction of sp³-hybridized carbons (Fsp3) is 0.500. The van der Waals surface area contributed by atoms with E-state index >= 15 is 0 Å². The Kier molecular flexibility index (Phi) is 2.99. The van der Waals surface area contributed by atoms with Crippen LogP contribution in [0.5, 0.6) is 0 Å². The van der Waals surface area contributed by atoms with Crippen LogP contribution in [0.25, 0.3) is 0 Å². The maximum atomic E-state index is 5.65. The zero-order valence-electron chi connectivity index (χ0n) is 10.2. The van der Waals surface area contributed by atoms with Gasteiger partial charge in [0.05, 0.1) is 6.04 Å². The zero-order valence-corrected chi connectivity index (χ0v) is 10.2. The van der Waals surface area contributed by atoms with Gasteiger partial charge in [-0.2, -0.15) is 0 Å². The van der Waals surface area contributed by atoms with Crippen molar-refractivity contribution in [1.29, 1.82) is 0 Å². The molecule has 1 aromatic rings. The number of hydrogen-bond acceptors (Lipinski definition) is 2. The molecule has 0 N–H and O–H groups in total. The number of aliphatic imine (C=N–C) groups is 1. The predicted octanol–water partition coefficient (Wildman–Crippen LogP) is 3.07. The summed E-state index contributed by atoms with van der Waals surface area (Å²) in [7, 11) is 0. The molecule has 2 heteroatoms. The van der Waals surface area contributed by atoms with Gasteiger partial charge in [-0.3, -0.25) is 0 Å². The van der Waals surface area contributed by atoms with Gasteiger partial charge < -0.3 is 4.74 Å². The lowest BCUT2D eigenvalue weighted by molar-refractivity contribution is 0.233. The number of hydrogen-bond donors (Lipinski definition) is 0. The highest BCUT2D eigenvalue weighted by atomic mass is 16.5. The van der Waals surface area contributed by atoms with E-state index in [1.54, 1.807) is 0 Å². The van der Waals surface area contributed by atoms with Crippen LogP contribution in [0.1, 0.15) is 26.3 Å². The smallest absolute Gasteiger partial charge is 0.188 e. The molecule has 0 fully saturated rings. The van der Waals surface area contributed by atoms with E-state index in [1.807, 2.05) is 18.2 Å². The van der Waals surface area contributed by atoms with Crippen LogP contribution >= 0.6 is 0 Å². The van der Waals surface area contributed by atoms with E-state index in [2.05, 4.69) is 37.9 Å². The Morgan fingerprint density at radius 2 is 1.94 bits per heavy atom. The summed E-state index contributed by atoms with van der Waals surface area (Å²) < 4.78 is 5.65. The van der Waals surface area contributed by atoms with Gasteiger partial charge >= 0.3 is 0 Å². The Hall–Kier alpha value is -1.31. The van der Waals surface area contributed by atoms with Crippen LogP contribution in [0.4, 0.5) is 0 Å². The van der Waals surface area contributed by atoms with Gasteiger partial charge in [-0.25, -0.2) is 4.99 Å². The third-order valence-electron chi connectivity index (χ3n) is 2.91. The van der Waals surface area contributed by atoms with Crippen LogP contribution in [0.15, 0.2) is 35.3 Å². The van der Waals surface area contributed by atoms with Crippen molar-refractivity contribution in [2.24, 2.45) is 10.4 Å². The highest BCUT2D eigenvalue weighted by molar-refractivity contribution is 5.80. The van der Waals surface area contributed by atoms with Crippen molar-refractivity contribution in [3.05, 3.63) is 35.9 Å². The molecule has 0 bridgehead atoms. The third-order valence-corrected chi connectivity index (χ3v) is 2.91. The number of benzene rings is 1. The average Bonchev–Trinajstić information content (AvgIpc) is 2.67. The van der Waals surface area contributed by atoms with Crippen molar-refractivity contribution < 1.29 is 4.74 Å². The van der Waals surface area contributed by atoms with Gasteiger partial charge in [0.2, 0.25) is 0 Å². The van der Waals surface area contributed by atoms with Gasteiger partial charge in [-0.15, -0.1) is 0 Å². The second kappa shape index (κ2) is 4.28. The molecule has 0 amide bonds. The highest BCUT2D eigenvalue weighted by Crippen LogP contribution is 2.26. The predicted molar refractivity (Wildman–Crippen MR) is 66.8 cm³/mol. The summed E-state index contributed by atoms with van der Waals surface area (Å²) in [6.07, 6.45) is 0.813. The number of nitrogens with zero attached hydrogens (tertiary/aromatic N) is 1. The van der Waals surface area contributed by atoms with Gasteiger partial charge in [-0.05, 0) is 11.0 Å². The molecule has 16 heavy (non-hydrogen) atoms. The Morgan fingerprint density at radius 3 is 2.50 bits per heavy atom. The van der Waals surface area contributed by atoms with Gasteiger partial charge in [0.1, 0.15) is 6.61 Å². The molecule has 1 aliphatic heterocycles. The molecule has 0 radical (unpaired) electrons. The summed E-state index contributed by atoms with van der Waals surface area (Å²) in [5, 5.41) is 0. The largest absolute Gasteiger partial charge is 0.478 e. The molecule has 0 aromatic heterocycles. The van der Waals surface area contributed by atoms with Crippen LogP contribution in [0, 0.1) is 5.41 Å².